The van der Waals surface area contributed by atoms with Crippen molar-refractivity contribution in [1.29, 1.82) is 0 Å². The van der Waals surface area contributed by atoms with Gasteiger partial charge in [-0.3, -0.25) is 0 Å². The summed E-state index contributed by atoms with van der Waals surface area (Å²) in [7, 11) is 1.40. The van der Waals surface area contributed by atoms with E-state index in [4.69, 9.17) is 5.73 Å². The molecule has 3 nitrogen and oxygen atoms in total. The van der Waals surface area contributed by atoms with Crippen LogP contribution in [0.15, 0.2) is 24.3 Å². The summed E-state index contributed by atoms with van der Waals surface area (Å²) in [6.07, 6.45) is 1.14. The Morgan fingerprint density at radius 3 is 3.00 bits per heavy atom. The van der Waals surface area contributed by atoms with Gasteiger partial charge in [0.15, 0.2) is 0 Å². The maximum atomic E-state index is 11.3. The van der Waals surface area contributed by atoms with Crippen LogP contribution in [0.3, 0.4) is 0 Å². The molecule has 1 aromatic carbocycles. The first kappa shape index (κ1) is 10.2. The van der Waals surface area contributed by atoms with Gasteiger partial charge in [-0.25, -0.2) is 4.79 Å². The SMILES string of the molecule is COC(=O)c1cccc([C@@H]2C[C@H]2CN)c1. The van der Waals surface area contributed by atoms with Crippen LogP contribution in [0.4, 0.5) is 0 Å². The van der Waals surface area contributed by atoms with Crippen LogP contribution in [-0.2, 0) is 4.74 Å². The number of rotatable bonds is 3. The average Bonchev–Trinajstić information content (AvgIpc) is 3.07. The van der Waals surface area contributed by atoms with Gasteiger partial charge in [-0.15, -0.1) is 0 Å². The summed E-state index contributed by atoms with van der Waals surface area (Å²) in [5.74, 6) is 0.860. The number of hydrogen-bond donors (Lipinski definition) is 1. The van der Waals surface area contributed by atoms with E-state index in [1.54, 1.807) is 6.07 Å². The Labute approximate surface area is 89.2 Å². The summed E-state index contributed by atoms with van der Waals surface area (Å²) in [5.41, 5.74) is 7.42. The standard InChI is InChI=1S/C12H15NO2/c1-15-12(14)9-4-2-3-8(5-9)11-6-10(11)7-13/h2-5,10-11H,6-7,13H2,1H3/t10-,11-/m0/s1. The molecule has 0 bridgehead atoms. The molecule has 0 spiro atoms. The van der Waals surface area contributed by atoms with Gasteiger partial charge in [-0.05, 0) is 42.5 Å². The molecule has 1 fully saturated rings. The van der Waals surface area contributed by atoms with E-state index in [0.717, 1.165) is 13.0 Å². The molecule has 0 unspecified atom stereocenters. The van der Waals surface area contributed by atoms with Crippen molar-refractivity contribution in [2.75, 3.05) is 13.7 Å². The van der Waals surface area contributed by atoms with E-state index in [9.17, 15) is 4.79 Å². The van der Waals surface area contributed by atoms with Gasteiger partial charge >= 0.3 is 5.97 Å². The molecular weight excluding hydrogens is 190 g/mol. The van der Waals surface area contributed by atoms with Crippen LogP contribution in [0.5, 0.6) is 0 Å². The third-order valence-electron chi connectivity index (χ3n) is 2.96. The Balaban J connectivity index is 2.17. The number of nitrogens with two attached hydrogens (primary N) is 1. The van der Waals surface area contributed by atoms with Gasteiger partial charge in [0.1, 0.15) is 0 Å². The molecule has 3 heteroatoms. The Hall–Kier alpha value is -1.35. The fourth-order valence-electron chi connectivity index (χ4n) is 1.93. The summed E-state index contributed by atoms with van der Waals surface area (Å²) in [6, 6.07) is 7.63. The minimum absolute atomic E-state index is 0.276. The molecule has 15 heavy (non-hydrogen) atoms. The van der Waals surface area contributed by atoms with Gasteiger partial charge in [0.2, 0.25) is 0 Å². The molecule has 2 atom stereocenters. The summed E-state index contributed by atoms with van der Waals surface area (Å²) in [4.78, 5) is 11.3. The first-order valence-electron chi connectivity index (χ1n) is 5.14. The normalized spacial score (nSPS) is 23.6. The third-order valence-corrected chi connectivity index (χ3v) is 2.96. The number of carbonyl (C=O) groups is 1. The average molecular weight is 205 g/mol. The predicted molar refractivity (Wildman–Crippen MR) is 57.7 cm³/mol. The molecule has 0 saturated heterocycles. The molecule has 0 aromatic heterocycles. The second-order valence-electron chi connectivity index (χ2n) is 3.96. The molecule has 1 aliphatic rings. The number of benzene rings is 1. The van der Waals surface area contributed by atoms with Crippen LogP contribution in [0, 0.1) is 5.92 Å². The highest BCUT2D eigenvalue weighted by molar-refractivity contribution is 5.89. The summed E-state index contributed by atoms with van der Waals surface area (Å²) in [5, 5.41) is 0. The van der Waals surface area contributed by atoms with E-state index in [2.05, 4.69) is 4.74 Å². The largest absolute Gasteiger partial charge is 0.465 e. The lowest BCUT2D eigenvalue weighted by Crippen LogP contribution is -2.03. The molecule has 2 N–H and O–H groups in total. The number of carbonyl (C=O) groups excluding carboxylic acids is 1. The van der Waals surface area contributed by atoms with Crippen molar-refractivity contribution < 1.29 is 9.53 Å². The summed E-state index contributed by atoms with van der Waals surface area (Å²) in [6.45, 7) is 0.729. The van der Waals surface area contributed by atoms with Gasteiger partial charge in [0.25, 0.3) is 0 Å². The quantitative estimate of drug-likeness (QED) is 0.761. The topological polar surface area (TPSA) is 52.3 Å². The van der Waals surface area contributed by atoms with Crippen molar-refractivity contribution in [1.82, 2.24) is 0 Å². The summed E-state index contributed by atoms with van der Waals surface area (Å²) < 4.78 is 4.68. The van der Waals surface area contributed by atoms with Crippen molar-refractivity contribution in [2.24, 2.45) is 11.7 Å². The number of ether oxygens (including phenoxy) is 1. The fraction of sp³-hybridized carbons (Fsp3) is 0.417. The van der Waals surface area contributed by atoms with Gasteiger partial charge in [-0.1, -0.05) is 12.1 Å². The van der Waals surface area contributed by atoms with Crippen LogP contribution in [0.25, 0.3) is 0 Å². The highest BCUT2D eigenvalue weighted by atomic mass is 16.5. The van der Waals surface area contributed by atoms with Crippen LogP contribution in [-0.4, -0.2) is 19.6 Å². The molecular formula is C12H15NO2. The first-order chi connectivity index (χ1) is 7.26. The zero-order valence-electron chi connectivity index (χ0n) is 8.77. The maximum Gasteiger partial charge on any atom is 0.337 e. The first-order valence-corrected chi connectivity index (χ1v) is 5.14. The third kappa shape index (κ3) is 2.02. The monoisotopic (exact) mass is 205 g/mol. The molecule has 80 valence electrons. The minimum atomic E-state index is -0.276. The van der Waals surface area contributed by atoms with E-state index in [1.165, 1.54) is 12.7 Å². The van der Waals surface area contributed by atoms with Gasteiger partial charge < -0.3 is 10.5 Å². The van der Waals surface area contributed by atoms with Crippen molar-refractivity contribution in [3.05, 3.63) is 35.4 Å². The van der Waals surface area contributed by atoms with Crippen molar-refractivity contribution >= 4 is 5.97 Å². The second kappa shape index (κ2) is 4.03. The van der Waals surface area contributed by atoms with Crippen LogP contribution < -0.4 is 5.73 Å². The molecule has 1 aliphatic carbocycles. The van der Waals surface area contributed by atoms with E-state index in [1.807, 2.05) is 18.2 Å². The van der Waals surface area contributed by atoms with Gasteiger partial charge in [0.05, 0.1) is 12.7 Å². The lowest BCUT2D eigenvalue weighted by molar-refractivity contribution is 0.0600. The van der Waals surface area contributed by atoms with Crippen LogP contribution >= 0.6 is 0 Å². The predicted octanol–water partition coefficient (Wildman–Crippen LogP) is 1.54. The van der Waals surface area contributed by atoms with E-state index in [-0.39, 0.29) is 5.97 Å². The zero-order valence-corrected chi connectivity index (χ0v) is 8.77. The highest BCUT2D eigenvalue weighted by Gasteiger charge is 2.36. The van der Waals surface area contributed by atoms with Crippen molar-refractivity contribution in [3.63, 3.8) is 0 Å². The smallest absolute Gasteiger partial charge is 0.337 e. The molecule has 0 heterocycles. The molecule has 0 radical (unpaired) electrons. The van der Waals surface area contributed by atoms with Gasteiger partial charge in [0, 0.05) is 0 Å². The number of esters is 1. The zero-order chi connectivity index (χ0) is 10.8. The minimum Gasteiger partial charge on any atom is -0.465 e. The fourth-order valence-corrected chi connectivity index (χ4v) is 1.93. The van der Waals surface area contributed by atoms with E-state index < -0.39 is 0 Å². The molecule has 0 amide bonds. The summed E-state index contributed by atoms with van der Waals surface area (Å²) >= 11 is 0. The van der Waals surface area contributed by atoms with E-state index in [0.29, 0.717) is 17.4 Å². The molecule has 1 aromatic rings. The van der Waals surface area contributed by atoms with Crippen LogP contribution in [0.2, 0.25) is 0 Å². The Morgan fingerprint density at radius 1 is 1.60 bits per heavy atom. The second-order valence-corrected chi connectivity index (χ2v) is 3.96. The Bertz CT molecular complexity index is 376. The molecule has 1 saturated carbocycles. The number of hydrogen-bond acceptors (Lipinski definition) is 3. The lowest BCUT2D eigenvalue weighted by Gasteiger charge is -2.03. The molecule has 0 aliphatic heterocycles. The molecule has 2 rings (SSSR count). The van der Waals surface area contributed by atoms with Crippen molar-refractivity contribution in [2.45, 2.75) is 12.3 Å². The highest BCUT2D eigenvalue weighted by Crippen LogP contribution is 2.46. The maximum absolute atomic E-state index is 11.3. The van der Waals surface area contributed by atoms with Crippen LogP contribution in [0.1, 0.15) is 28.3 Å². The van der Waals surface area contributed by atoms with Crippen molar-refractivity contribution in [3.8, 4) is 0 Å². The van der Waals surface area contributed by atoms with E-state index >= 15 is 0 Å². The Kier molecular flexibility index (Phi) is 2.73. The number of methoxy groups -OCH3 is 1. The van der Waals surface area contributed by atoms with Gasteiger partial charge in [-0.2, -0.15) is 0 Å². The Morgan fingerprint density at radius 2 is 2.40 bits per heavy atom. The lowest BCUT2D eigenvalue weighted by atomic mass is 10.1.